The largest absolute Gasteiger partial charge is 0.306 e. The summed E-state index contributed by atoms with van der Waals surface area (Å²) in [4.78, 5) is 4.33. The molecule has 0 amide bonds. The number of benzene rings is 1. The topological polar surface area (TPSA) is 24.9 Å². The molecule has 0 aliphatic rings. The fourth-order valence-electron chi connectivity index (χ4n) is 2.24. The normalized spacial score (nSPS) is 12.4. The second-order valence-corrected chi connectivity index (χ2v) is 6.05. The smallest absolute Gasteiger partial charge is 0.0592 e. The highest BCUT2D eigenvalue weighted by Crippen LogP contribution is 2.26. The Balaban J connectivity index is 2.38. The Bertz CT molecular complexity index is 581. The van der Waals surface area contributed by atoms with Gasteiger partial charge in [-0.1, -0.05) is 41.1 Å². The van der Waals surface area contributed by atoms with Gasteiger partial charge in [0.2, 0.25) is 0 Å². The minimum atomic E-state index is 0.194. The SMILES string of the molecule is CCCNC(c1cncc(C)c1)c1ccc(C)c(Br)c1. The number of hydrogen-bond acceptors (Lipinski definition) is 2. The highest BCUT2D eigenvalue weighted by Gasteiger charge is 2.14. The molecule has 0 aliphatic carbocycles. The zero-order valence-electron chi connectivity index (χ0n) is 12.3. The summed E-state index contributed by atoms with van der Waals surface area (Å²) >= 11 is 3.63. The standard InChI is InChI=1S/C17H21BrN2/c1-4-7-20-17(15-8-12(2)10-19-11-15)14-6-5-13(3)16(18)9-14/h5-6,8-11,17,20H,4,7H2,1-3H3. The average Bonchev–Trinajstić information content (AvgIpc) is 2.43. The van der Waals surface area contributed by atoms with Crippen LogP contribution in [0.4, 0.5) is 0 Å². The van der Waals surface area contributed by atoms with Crippen molar-refractivity contribution in [3.05, 3.63) is 63.4 Å². The molecule has 1 unspecified atom stereocenters. The lowest BCUT2D eigenvalue weighted by molar-refractivity contribution is 0.596. The molecule has 0 aliphatic heterocycles. The van der Waals surface area contributed by atoms with Gasteiger partial charge in [0.25, 0.3) is 0 Å². The van der Waals surface area contributed by atoms with Crippen molar-refractivity contribution in [2.24, 2.45) is 0 Å². The molecule has 3 heteroatoms. The number of halogens is 1. The van der Waals surface area contributed by atoms with E-state index in [9.17, 15) is 0 Å². The molecule has 2 rings (SSSR count). The maximum Gasteiger partial charge on any atom is 0.0592 e. The monoisotopic (exact) mass is 332 g/mol. The van der Waals surface area contributed by atoms with Crippen LogP contribution in [0.5, 0.6) is 0 Å². The lowest BCUT2D eigenvalue weighted by Crippen LogP contribution is -2.23. The van der Waals surface area contributed by atoms with E-state index in [1.165, 1.54) is 22.3 Å². The van der Waals surface area contributed by atoms with Crippen LogP contribution in [-0.2, 0) is 0 Å². The van der Waals surface area contributed by atoms with Gasteiger partial charge in [-0.25, -0.2) is 0 Å². The Kier molecular flexibility index (Phi) is 5.32. The summed E-state index contributed by atoms with van der Waals surface area (Å²) in [6, 6.07) is 8.94. The van der Waals surface area contributed by atoms with Gasteiger partial charge in [0.1, 0.15) is 0 Å². The molecule has 20 heavy (non-hydrogen) atoms. The zero-order chi connectivity index (χ0) is 14.5. The Labute approximate surface area is 129 Å². The van der Waals surface area contributed by atoms with Gasteiger partial charge in [-0.15, -0.1) is 0 Å². The van der Waals surface area contributed by atoms with E-state index in [0.29, 0.717) is 0 Å². The maximum atomic E-state index is 4.33. The lowest BCUT2D eigenvalue weighted by Gasteiger charge is -2.20. The van der Waals surface area contributed by atoms with Gasteiger partial charge >= 0.3 is 0 Å². The summed E-state index contributed by atoms with van der Waals surface area (Å²) in [5.41, 5.74) is 4.93. The molecule has 0 radical (unpaired) electrons. The molecule has 0 spiro atoms. The molecule has 1 heterocycles. The number of pyridine rings is 1. The molecule has 2 aromatic rings. The molecule has 0 saturated carbocycles. The van der Waals surface area contributed by atoms with Crippen LogP contribution in [0.3, 0.4) is 0 Å². The van der Waals surface area contributed by atoms with E-state index in [1.54, 1.807) is 0 Å². The van der Waals surface area contributed by atoms with Crippen molar-refractivity contribution < 1.29 is 0 Å². The highest BCUT2D eigenvalue weighted by atomic mass is 79.9. The number of nitrogens with zero attached hydrogens (tertiary/aromatic N) is 1. The van der Waals surface area contributed by atoms with Crippen LogP contribution in [0, 0.1) is 13.8 Å². The molecule has 0 fully saturated rings. The third-order valence-corrected chi connectivity index (χ3v) is 4.21. The third kappa shape index (κ3) is 3.68. The van der Waals surface area contributed by atoms with Crippen LogP contribution in [0.2, 0.25) is 0 Å². The lowest BCUT2D eigenvalue weighted by atomic mass is 9.98. The number of nitrogens with one attached hydrogen (secondary N) is 1. The molecule has 2 nitrogen and oxygen atoms in total. The Morgan fingerprint density at radius 1 is 1.15 bits per heavy atom. The molecular formula is C17H21BrN2. The molecule has 106 valence electrons. The van der Waals surface area contributed by atoms with Crippen LogP contribution in [0.15, 0.2) is 41.1 Å². The van der Waals surface area contributed by atoms with E-state index in [1.807, 2.05) is 12.4 Å². The molecule has 1 aromatic heterocycles. The number of aromatic nitrogens is 1. The molecule has 1 aromatic carbocycles. The predicted molar refractivity (Wildman–Crippen MR) is 88.0 cm³/mol. The first-order chi connectivity index (χ1) is 9.61. The van der Waals surface area contributed by atoms with E-state index in [0.717, 1.165) is 17.4 Å². The molecule has 0 bridgehead atoms. The van der Waals surface area contributed by atoms with Gasteiger partial charge in [-0.2, -0.15) is 0 Å². The van der Waals surface area contributed by atoms with E-state index in [2.05, 4.69) is 71.3 Å². The van der Waals surface area contributed by atoms with E-state index in [-0.39, 0.29) is 6.04 Å². The van der Waals surface area contributed by atoms with Gasteiger partial charge in [0, 0.05) is 16.9 Å². The first-order valence-corrected chi connectivity index (χ1v) is 7.82. The molecule has 0 saturated heterocycles. The number of hydrogen-bond donors (Lipinski definition) is 1. The third-order valence-electron chi connectivity index (χ3n) is 3.36. The van der Waals surface area contributed by atoms with Crippen LogP contribution >= 0.6 is 15.9 Å². The van der Waals surface area contributed by atoms with Crippen molar-refractivity contribution in [1.82, 2.24) is 10.3 Å². The van der Waals surface area contributed by atoms with Crippen LogP contribution in [0.1, 0.15) is 41.6 Å². The summed E-state index contributed by atoms with van der Waals surface area (Å²) in [6.45, 7) is 7.36. The second kappa shape index (κ2) is 7.00. The average molecular weight is 333 g/mol. The highest BCUT2D eigenvalue weighted by molar-refractivity contribution is 9.10. The molecular weight excluding hydrogens is 312 g/mol. The van der Waals surface area contributed by atoms with Crippen LogP contribution in [-0.4, -0.2) is 11.5 Å². The van der Waals surface area contributed by atoms with Gasteiger partial charge < -0.3 is 5.32 Å². The van der Waals surface area contributed by atoms with Crippen LogP contribution < -0.4 is 5.32 Å². The quantitative estimate of drug-likeness (QED) is 0.868. The predicted octanol–water partition coefficient (Wildman–Crippen LogP) is 4.55. The fraction of sp³-hybridized carbons (Fsp3) is 0.353. The maximum absolute atomic E-state index is 4.33. The Morgan fingerprint density at radius 3 is 2.60 bits per heavy atom. The van der Waals surface area contributed by atoms with Crippen molar-refractivity contribution in [2.75, 3.05) is 6.54 Å². The summed E-state index contributed by atoms with van der Waals surface area (Å²) < 4.78 is 1.15. The van der Waals surface area contributed by atoms with E-state index in [4.69, 9.17) is 0 Å². The Hall–Kier alpha value is -1.19. The summed E-state index contributed by atoms with van der Waals surface area (Å²) in [5.74, 6) is 0. The number of rotatable bonds is 5. The summed E-state index contributed by atoms with van der Waals surface area (Å²) in [5, 5.41) is 3.62. The summed E-state index contributed by atoms with van der Waals surface area (Å²) in [6.07, 6.45) is 4.96. The minimum absolute atomic E-state index is 0.194. The van der Waals surface area contributed by atoms with Gasteiger partial charge in [0.05, 0.1) is 6.04 Å². The summed E-state index contributed by atoms with van der Waals surface area (Å²) in [7, 11) is 0. The van der Waals surface area contributed by atoms with Crippen molar-refractivity contribution >= 4 is 15.9 Å². The van der Waals surface area contributed by atoms with Gasteiger partial charge in [0.15, 0.2) is 0 Å². The molecule has 1 N–H and O–H groups in total. The fourth-order valence-corrected chi connectivity index (χ4v) is 2.64. The Morgan fingerprint density at radius 2 is 1.95 bits per heavy atom. The van der Waals surface area contributed by atoms with Crippen molar-refractivity contribution in [3.8, 4) is 0 Å². The van der Waals surface area contributed by atoms with Gasteiger partial charge in [-0.3, -0.25) is 4.98 Å². The van der Waals surface area contributed by atoms with Crippen molar-refractivity contribution in [1.29, 1.82) is 0 Å². The minimum Gasteiger partial charge on any atom is -0.306 e. The van der Waals surface area contributed by atoms with Gasteiger partial charge in [-0.05, 0) is 55.1 Å². The zero-order valence-corrected chi connectivity index (χ0v) is 13.9. The van der Waals surface area contributed by atoms with Crippen LogP contribution in [0.25, 0.3) is 0 Å². The first kappa shape index (κ1) is 15.2. The molecule has 1 atom stereocenters. The van der Waals surface area contributed by atoms with Crippen molar-refractivity contribution in [2.45, 2.75) is 33.2 Å². The number of aryl methyl sites for hydroxylation is 2. The van der Waals surface area contributed by atoms with E-state index < -0.39 is 0 Å². The first-order valence-electron chi connectivity index (χ1n) is 7.02. The van der Waals surface area contributed by atoms with Crippen molar-refractivity contribution in [3.63, 3.8) is 0 Å². The van der Waals surface area contributed by atoms with E-state index >= 15 is 0 Å². The second-order valence-electron chi connectivity index (χ2n) is 5.19.